The van der Waals surface area contributed by atoms with Crippen molar-refractivity contribution in [1.82, 2.24) is 4.90 Å². The van der Waals surface area contributed by atoms with Gasteiger partial charge in [-0.1, -0.05) is 56.0 Å². The molecule has 1 N–H and O–H groups in total. The van der Waals surface area contributed by atoms with Crippen molar-refractivity contribution in [3.05, 3.63) is 72.8 Å². The molecule has 0 saturated carbocycles. The van der Waals surface area contributed by atoms with Crippen LogP contribution in [-0.4, -0.2) is 28.7 Å². The molecule has 0 bridgehead atoms. The Bertz CT molecular complexity index is 765. The molecule has 3 rings (SSSR count). The lowest BCUT2D eigenvalue weighted by Gasteiger charge is -2.28. The zero-order valence-electron chi connectivity index (χ0n) is 16.5. The number of hydrogen-bond acceptors (Lipinski definition) is 3. The smallest absolute Gasteiger partial charge is 0.225 e. The van der Waals surface area contributed by atoms with Gasteiger partial charge < -0.3 is 14.7 Å². The van der Waals surface area contributed by atoms with Crippen LogP contribution in [0.3, 0.4) is 0 Å². The maximum absolute atomic E-state index is 12.0. The highest BCUT2D eigenvalue weighted by Crippen LogP contribution is 2.19. The second kappa shape index (κ2) is 11.0. The summed E-state index contributed by atoms with van der Waals surface area (Å²) in [5, 5.41) is 8.82. The molecular formula is C24H29NO3. The second-order valence-electron chi connectivity index (χ2n) is 6.68. The van der Waals surface area contributed by atoms with Crippen molar-refractivity contribution in [2.45, 2.75) is 38.8 Å². The number of nitrogens with zero attached hydrogens (tertiary/aromatic N) is 1. The highest BCUT2D eigenvalue weighted by molar-refractivity contribution is 5.76. The number of hydrogen-bond donors (Lipinski definition) is 1. The van der Waals surface area contributed by atoms with Crippen molar-refractivity contribution in [1.29, 1.82) is 0 Å². The number of aromatic hydroxyl groups is 1. The number of carbonyl (C=O) groups is 1. The van der Waals surface area contributed by atoms with Crippen LogP contribution in [0, 0.1) is 0 Å². The van der Waals surface area contributed by atoms with E-state index in [1.807, 2.05) is 48.2 Å². The third-order valence-corrected chi connectivity index (χ3v) is 4.60. The van der Waals surface area contributed by atoms with E-state index in [0.717, 1.165) is 42.7 Å². The molecule has 1 amide bonds. The number of phenolic OH excluding ortho intramolecular Hbond substituents is 1. The summed E-state index contributed by atoms with van der Waals surface area (Å²) in [6.07, 6.45) is 7.15. The van der Waals surface area contributed by atoms with E-state index in [1.165, 1.54) is 0 Å². The Labute approximate surface area is 167 Å². The number of likely N-dealkylation sites (tertiary alicyclic amines) is 1. The molecule has 2 aromatic rings. The summed E-state index contributed by atoms with van der Waals surface area (Å²) in [5.41, 5.74) is 2.08. The van der Waals surface area contributed by atoms with Crippen molar-refractivity contribution < 1.29 is 14.6 Å². The standard InChI is InChI=1S/C16H21NO2.C8H8O/c1-3-14-8-10-15(11-9-14)19-13(2)17-12-6-4-5-7-16(17)18;1-2-7-3-5-8(9)6-4-7/h3,8-11,13H,1,4-7,12H2,2H3;2-6,9H,1H2. The fourth-order valence-corrected chi connectivity index (χ4v) is 2.94. The normalized spacial score (nSPS) is 14.9. The van der Waals surface area contributed by atoms with Gasteiger partial charge in [-0.05, 0) is 55.2 Å². The largest absolute Gasteiger partial charge is 0.508 e. The molecule has 4 nitrogen and oxygen atoms in total. The van der Waals surface area contributed by atoms with Gasteiger partial charge in [-0.2, -0.15) is 0 Å². The summed E-state index contributed by atoms with van der Waals surface area (Å²) in [4.78, 5) is 13.8. The summed E-state index contributed by atoms with van der Waals surface area (Å²) >= 11 is 0. The molecule has 148 valence electrons. The van der Waals surface area contributed by atoms with Crippen molar-refractivity contribution in [3.63, 3.8) is 0 Å². The number of rotatable bonds is 5. The predicted molar refractivity (Wildman–Crippen MR) is 115 cm³/mol. The summed E-state index contributed by atoms with van der Waals surface area (Å²) in [6.45, 7) is 10.0. The average Bonchev–Trinajstić information content (AvgIpc) is 2.94. The molecule has 1 aliphatic heterocycles. The molecule has 2 aromatic carbocycles. The van der Waals surface area contributed by atoms with Crippen LogP contribution in [-0.2, 0) is 4.79 Å². The summed E-state index contributed by atoms with van der Waals surface area (Å²) in [5.74, 6) is 1.28. The summed E-state index contributed by atoms with van der Waals surface area (Å²) in [6, 6.07) is 14.6. The van der Waals surface area contributed by atoms with E-state index < -0.39 is 0 Å². The molecule has 1 heterocycles. The third kappa shape index (κ3) is 6.62. The predicted octanol–water partition coefficient (Wildman–Crippen LogP) is 5.49. The third-order valence-electron chi connectivity index (χ3n) is 4.60. The fraction of sp³-hybridized carbons (Fsp3) is 0.292. The number of amides is 1. The molecule has 1 unspecified atom stereocenters. The Morgan fingerprint density at radius 3 is 2.11 bits per heavy atom. The maximum Gasteiger partial charge on any atom is 0.225 e. The molecule has 0 aromatic heterocycles. The lowest BCUT2D eigenvalue weighted by Crippen LogP contribution is -2.41. The van der Waals surface area contributed by atoms with Gasteiger partial charge in [0.15, 0.2) is 6.23 Å². The molecule has 1 saturated heterocycles. The van der Waals surface area contributed by atoms with Gasteiger partial charge in [-0.25, -0.2) is 0 Å². The first-order chi connectivity index (χ1) is 13.5. The zero-order valence-corrected chi connectivity index (χ0v) is 16.5. The van der Waals surface area contributed by atoms with Gasteiger partial charge >= 0.3 is 0 Å². The number of phenols is 1. The minimum Gasteiger partial charge on any atom is -0.508 e. The van der Waals surface area contributed by atoms with Gasteiger partial charge in [0.25, 0.3) is 0 Å². The van der Waals surface area contributed by atoms with E-state index in [4.69, 9.17) is 9.84 Å². The van der Waals surface area contributed by atoms with Gasteiger partial charge in [0.1, 0.15) is 11.5 Å². The lowest BCUT2D eigenvalue weighted by atomic mass is 10.2. The number of benzene rings is 2. The van der Waals surface area contributed by atoms with Crippen molar-refractivity contribution in [2.75, 3.05) is 6.54 Å². The topological polar surface area (TPSA) is 49.8 Å². The Morgan fingerprint density at radius 2 is 1.54 bits per heavy atom. The van der Waals surface area contributed by atoms with Crippen molar-refractivity contribution >= 4 is 18.1 Å². The van der Waals surface area contributed by atoms with Crippen LogP contribution in [0.25, 0.3) is 12.2 Å². The van der Waals surface area contributed by atoms with Gasteiger partial charge in [0.05, 0.1) is 0 Å². The second-order valence-corrected chi connectivity index (χ2v) is 6.68. The van der Waals surface area contributed by atoms with Crippen LogP contribution in [0.2, 0.25) is 0 Å². The molecule has 28 heavy (non-hydrogen) atoms. The van der Waals surface area contributed by atoms with Gasteiger partial charge in [-0.15, -0.1) is 0 Å². The highest BCUT2D eigenvalue weighted by atomic mass is 16.5. The number of ether oxygens (including phenoxy) is 1. The minimum absolute atomic E-state index is 0.202. The zero-order chi connectivity index (χ0) is 20.4. The molecule has 1 fully saturated rings. The van der Waals surface area contributed by atoms with Gasteiger partial charge in [-0.3, -0.25) is 4.79 Å². The molecule has 0 radical (unpaired) electrons. The van der Waals surface area contributed by atoms with Crippen LogP contribution in [0.5, 0.6) is 11.5 Å². The first-order valence-electron chi connectivity index (χ1n) is 9.63. The Kier molecular flexibility index (Phi) is 8.35. The van der Waals surface area contributed by atoms with E-state index in [-0.39, 0.29) is 12.1 Å². The Balaban J connectivity index is 0.000000261. The Morgan fingerprint density at radius 1 is 0.964 bits per heavy atom. The van der Waals surface area contributed by atoms with Gasteiger partial charge in [0, 0.05) is 13.0 Å². The molecular weight excluding hydrogens is 350 g/mol. The first kappa shape index (κ1) is 21.3. The van der Waals surface area contributed by atoms with Crippen molar-refractivity contribution in [3.8, 4) is 11.5 Å². The van der Waals surface area contributed by atoms with Gasteiger partial charge in [0.2, 0.25) is 5.91 Å². The SMILES string of the molecule is C=Cc1ccc(O)cc1.C=Cc1ccc(OC(C)N2CCCCCC2=O)cc1. The first-order valence-corrected chi connectivity index (χ1v) is 9.63. The average molecular weight is 380 g/mol. The maximum atomic E-state index is 12.0. The van der Waals surface area contributed by atoms with Crippen molar-refractivity contribution in [2.24, 2.45) is 0 Å². The number of carbonyl (C=O) groups excluding carboxylic acids is 1. The van der Waals surface area contributed by atoms with E-state index >= 15 is 0 Å². The Hall–Kier alpha value is -3.01. The highest BCUT2D eigenvalue weighted by Gasteiger charge is 2.22. The molecule has 0 spiro atoms. The van der Waals surface area contributed by atoms with E-state index in [0.29, 0.717) is 12.2 Å². The molecule has 0 aliphatic carbocycles. The van der Waals surface area contributed by atoms with Crippen LogP contribution in [0.1, 0.15) is 43.7 Å². The summed E-state index contributed by atoms with van der Waals surface area (Å²) < 4.78 is 5.85. The lowest BCUT2D eigenvalue weighted by molar-refractivity contribution is -0.137. The minimum atomic E-state index is -0.208. The molecule has 4 heteroatoms. The quantitative estimate of drug-likeness (QED) is 0.747. The molecule has 1 atom stereocenters. The molecule has 1 aliphatic rings. The van der Waals surface area contributed by atoms with Crippen LogP contribution < -0.4 is 4.74 Å². The van der Waals surface area contributed by atoms with Crippen LogP contribution in [0.15, 0.2) is 61.7 Å². The van der Waals surface area contributed by atoms with E-state index in [1.54, 1.807) is 24.3 Å². The van der Waals surface area contributed by atoms with Crippen LogP contribution in [0.4, 0.5) is 0 Å². The van der Waals surface area contributed by atoms with Crippen LogP contribution >= 0.6 is 0 Å². The van der Waals surface area contributed by atoms with E-state index in [2.05, 4.69) is 13.2 Å². The summed E-state index contributed by atoms with van der Waals surface area (Å²) in [7, 11) is 0. The monoisotopic (exact) mass is 379 g/mol. The fourth-order valence-electron chi connectivity index (χ4n) is 2.94. The van der Waals surface area contributed by atoms with E-state index in [9.17, 15) is 4.79 Å².